The number of hydrogen-bond donors (Lipinski definition) is 0. The van der Waals surface area contributed by atoms with Gasteiger partial charge in [-0.25, -0.2) is 4.39 Å². The maximum absolute atomic E-state index is 15.3. The van der Waals surface area contributed by atoms with Crippen molar-refractivity contribution in [3.8, 4) is 11.1 Å². The number of halogens is 1. The maximum Gasteiger partial charge on any atom is 0.252 e. The molecule has 3 aliphatic heterocycles. The third kappa shape index (κ3) is 6.65. The van der Waals surface area contributed by atoms with Gasteiger partial charge in [0.1, 0.15) is 5.82 Å². The van der Waals surface area contributed by atoms with Gasteiger partial charge in [0.05, 0.1) is 11.2 Å². The van der Waals surface area contributed by atoms with Gasteiger partial charge in [0.15, 0.2) is 0 Å². The Bertz CT molecular complexity index is 3250. The van der Waals surface area contributed by atoms with Gasteiger partial charge in [-0.15, -0.1) is 0 Å². The second-order valence-corrected chi connectivity index (χ2v) is 24.7. The van der Waals surface area contributed by atoms with Gasteiger partial charge >= 0.3 is 0 Å². The van der Waals surface area contributed by atoms with Gasteiger partial charge in [0.2, 0.25) is 0 Å². The molecule has 0 bridgehead atoms. The summed E-state index contributed by atoms with van der Waals surface area (Å²) in [6, 6.07) is 50.7. The molecule has 0 spiro atoms. The van der Waals surface area contributed by atoms with Gasteiger partial charge in [0, 0.05) is 50.8 Å². The third-order valence-electron chi connectivity index (χ3n) is 17.4. The maximum atomic E-state index is 15.3. The van der Waals surface area contributed by atoms with Crippen LogP contribution in [0.4, 0.5) is 49.9 Å². The monoisotopic (exact) mass is 908 g/mol. The Balaban J connectivity index is 1.15. The molecule has 5 heteroatoms. The van der Waals surface area contributed by atoms with E-state index in [1.165, 1.54) is 89.5 Å². The topological polar surface area (TPSA) is 9.72 Å². The molecule has 2 unspecified atom stereocenters. The van der Waals surface area contributed by atoms with Crippen molar-refractivity contribution in [1.82, 2.24) is 0 Å². The van der Waals surface area contributed by atoms with Gasteiger partial charge in [-0.1, -0.05) is 136 Å². The van der Waals surface area contributed by atoms with Gasteiger partial charge in [-0.2, -0.15) is 0 Å². The zero-order valence-electron chi connectivity index (χ0n) is 42.7. The minimum atomic E-state index is -0.213. The number of nitrogens with zero attached hydrogens (tertiary/aromatic N) is 3. The molecule has 3 nitrogen and oxygen atoms in total. The van der Waals surface area contributed by atoms with Gasteiger partial charge in [-0.05, 0) is 184 Å². The summed E-state index contributed by atoms with van der Waals surface area (Å²) in [5, 5.41) is 0. The fourth-order valence-corrected chi connectivity index (χ4v) is 13.6. The quantitative estimate of drug-likeness (QED) is 0.163. The summed E-state index contributed by atoms with van der Waals surface area (Å²) in [7, 11) is 0. The summed E-state index contributed by atoms with van der Waals surface area (Å²) in [6.07, 6.45) is 6.54. The summed E-state index contributed by atoms with van der Waals surface area (Å²) in [6.45, 7) is 25.8. The van der Waals surface area contributed by atoms with E-state index in [1.54, 1.807) is 6.07 Å². The SMILES string of the molecule is Cc1cc2c3c(c1)N(c1ccc(C(C)(C)C)cc1-c1ccccc1)c1cc4c(cc1B3c1ccc(N3c5ccc(F)cc5C5(C)CCCCC35C)cc1N2c1ccc(C(C)(C)C)cc1)CC(C)(C)C4. The Morgan fingerprint density at radius 1 is 0.536 bits per heavy atom. The highest BCUT2D eigenvalue weighted by molar-refractivity contribution is 7.00. The minimum Gasteiger partial charge on any atom is -0.334 e. The average Bonchev–Trinajstić information content (AvgIpc) is 3.72. The molecule has 7 aromatic carbocycles. The number of anilines is 8. The smallest absolute Gasteiger partial charge is 0.252 e. The average molecular weight is 908 g/mol. The van der Waals surface area contributed by atoms with Gasteiger partial charge in [-0.3, -0.25) is 0 Å². The predicted molar refractivity (Wildman–Crippen MR) is 292 cm³/mol. The summed E-state index contributed by atoms with van der Waals surface area (Å²) in [4.78, 5) is 7.83. The molecule has 0 saturated heterocycles. The van der Waals surface area contributed by atoms with Crippen LogP contribution in [0.2, 0.25) is 0 Å². The minimum absolute atomic E-state index is 0.00507. The van der Waals surface area contributed by atoms with E-state index in [0.717, 1.165) is 55.5 Å². The first kappa shape index (κ1) is 44.2. The van der Waals surface area contributed by atoms with Gasteiger partial charge in [0.25, 0.3) is 6.71 Å². The summed E-state index contributed by atoms with van der Waals surface area (Å²) in [5.74, 6) is -0.149. The van der Waals surface area contributed by atoms with Crippen LogP contribution in [0.25, 0.3) is 11.1 Å². The fraction of sp³-hybridized carbons (Fsp3) is 0.344. The Morgan fingerprint density at radius 3 is 1.87 bits per heavy atom. The highest BCUT2D eigenvalue weighted by Gasteiger charge is 2.58. The predicted octanol–water partition coefficient (Wildman–Crippen LogP) is 15.3. The van der Waals surface area contributed by atoms with Crippen LogP contribution in [0, 0.1) is 18.2 Å². The van der Waals surface area contributed by atoms with E-state index in [0.29, 0.717) is 0 Å². The van der Waals surface area contributed by atoms with Crippen molar-refractivity contribution in [2.24, 2.45) is 5.41 Å². The van der Waals surface area contributed by atoms with E-state index in [4.69, 9.17) is 0 Å². The lowest BCUT2D eigenvalue weighted by Gasteiger charge is -2.50. The van der Waals surface area contributed by atoms with E-state index in [2.05, 4.69) is 212 Å². The van der Waals surface area contributed by atoms with Crippen molar-refractivity contribution in [2.45, 2.75) is 136 Å². The number of hydrogen-bond acceptors (Lipinski definition) is 3. The van der Waals surface area contributed by atoms with Crippen LogP contribution in [0.15, 0.2) is 133 Å². The Kier molecular flexibility index (Phi) is 9.58. The normalized spacial score (nSPS) is 20.8. The Hall–Kier alpha value is -6.07. The number of fused-ring (bicyclic) bond motifs is 8. The first-order chi connectivity index (χ1) is 32.7. The van der Waals surface area contributed by atoms with Crippen LogP contribution in [0.1, 0.15) is 128 Å². The first-order valence-electron chi connectivity index (χ1n) is 25.7. The van der Waals surface area contributed by atoms with Crippen LogP contribution in [-0.2, 0) is 29.1 Å². The Morgan fingerprint density at radius 2 is 1.16 bits per heavy atom. The first-order valence-corrected chi connectivity index (χ1v) is 25.7. The highest BCUT2D eigenvalue weighted by Crippen LogP contribution is 2.61. The van der Waals surface area contributed by atoms with Crippen LogP contribution < -0.4 is 31.1 Å². The van der Waals surface area contributed by atoms with Crippen molar-refractivity contribution in [1.29, 1.82) is 0 Å². The fourth-order valence-electron chi connectivity index (χ4n) is 13.6. The molecule has 3 heterocycles. The van der Waals surface area contributed by atoms with E-state index >= 15 is 4.39 Å². The standard InChI is InChI=1S/C64H67BFN3/c1-40-31-57-59-58(32-40)68(53-27-21-45(61(5,6)7)35-49(53)41-17-13-12-14-18-41)55-34-43-39-62(8,9)38-42(43)33-52(55)65(59)51-26-25-48(37-56(51)67(57)47-23-19-44(20-24-47)60(2,3)4)69-54-28-22-46(66)36-50(54)63(10)29-15-16-30-64(63,69)11/h12-14,17-28,31-37H,15-16,29-30,38-39H2,1-11H3. The van der Waals surface area contributed by atoms with Crippen molar-refractivity contribution in [3.05, 3.63) is 173 Å². The van der Waals surface area contributed by atoms with Crippen molar-refractivity contribution >= 4 is 68.6 Å². The lowest BCUT2D eigenvalue weighted by atomic mass is 9.33. The summed E-state index contributed by atoms with van der Waals surface area (Å²) < 4.78 is 15.3. The molecule has 0 amide bonds. The van der Waals surface area contributed by atoms with Crippen LogP contribution in [0.3, 0.4) is 0 Å². The molecule has 1 saturated carbocycles. The zero-order chi connectivity index (χ0) is 48.2. The van der Waals surface area contributed by atoms with Crippen molar-refractivity contribution < 1.29 is 4.39 Å². The molecule has 348 valence electrons. The van der Waals surface area contributed by atoms with Crippen LogP contribution >= 0.6 is 0 Å². The molecular formula is C64H67BFN3. The molecule has 7 aromatic rings. The molecular weight excluding hydrogens is 841 g/mol. The number of rotatable bonds is 4. The van der Waals surface area contributed by atoms with Crippen LogP contribution in [0.5, 0.6) is 0 Å². The summed E-state index contributed by atoms with van der Waals surface area (Å²) >= 11 is 0. The number of aryl methyl sites for hydroxylation is 1. The molecule has 0 N–H and O–H groups in total. The van der Waals surface area contributed by atoms with Crippen molar-refractivity contribution in [3.63, 3.8) is 0 Å². The van der Waals surface area contributed by atoms with E-state index < -0.39 is 0 Å². The molecule has 5 aliphatic rings. The summed E-state index contributed by atoms with van der Waals surface area (Å²) in [5.41, 5.74) is 23.9. The lowest BCUT2D eigenvalue weighted by Crippen LogP contribution is -2.61. The Labute approximate surface area is 411 Å². The lowest BCUT2D eigenvalue weighted by molar-refractivity contribution is 0.194. The number of benzene rings is 7. The molecule has 1 fully saturated rings. The molecule has 0 aromatic heterocycles. The van der Waals surface area contributed by atoms with Crippen LogP contribution in [-0.4, -0.2) is 12.3 Å². The molecule has 2 aliphatic carbocycles. The van der Waals surface area contributed by atoms with E-state index in [1.807, 2.05) is 6.07 Å². The molecule has 2 atom stereocenters. The second kappa shape index (κ2) is 15.0. The third-order valence-corrected chi connectivity index (χ3v) is 17.4. The zero-order valence-corrected chi connectivity index (χ0v) is 42.7. The highest BCUT2D eigenvalue weighted by atomic mass is 19.1. The van der Waals surface area contributed by atoms with Gasteiger partial charge < -0.3 is 14.7 Å². The van der Waals surface area contributed by atoms with Crippen molar-refractivity contribution in [2.75, 3.05) is 14.7 Å². The van der Waals surface area contributed by atoms with E-state index in [9.17, 15) is 0 Å². The molecule has 69 heavy (non-hydrogen) atoms. The largest absolute Gasteiger partial charge is 0.334 e. The van der Waals surface area contributed by atoms with E-state index in [-0.39, 0.29) is 39.7 Å². The molecule has 0 radical (unpaired) electrons. The second-order valence-electron chi connectivity index (χ2n) is 24.7. The molecule has 12 rings (SSSR count).